The van der Waals surface area contributed by atoms with Gasteiger partial charge < -0.3 is 10.6 Å². The lowest BCUT2D eigenvalue weighted by Gasteiger charge is -2.12. The highest BCUT2D eigenvalue weighted by atomic mass is 127. The van der Waals surface area contributed by atoms with Crippen molar-refractivity contribution in [1.82, 2.24) is 20.4 Å². The number of thioether (sulfide) groups is 1. The van der Waals surface area contributed by atoms with Gasteiger partial charge in [-0.3, -0.25) is 4.68 Å². The molecule has 0 aliphatic carbocycles. The number of aromatic nitrogens is 2. The standard InChI is InChI=1S/C20H31N5S.HI/c1-7-21-20(22-11-10-18-15(3)24-25(5)16(18)4)23-13-17-9-8-14(2)12-19(17)26-6;/h8-9,12H,7,10-11,13H2,1-6H3,(H2,21,22,23);1H. The van der Waals surface area contributed by atoms with Gasteiger partial charge >= 0.3 is 0 Å². The van der Waals surface area contributed by atoms with Crippen molar-refractivity contribution >= 4 is 41.7 Å². The summed E-state index contributed by atoms with van der Waals surface area (Å²) in [6.07, 6.45) is 3.06. The van der Waals surface area contributed by atoms with Crippen LogP contribution in [0.2, 0.25) is 0 Å². The van der Waals surface area contributed by atoms with Crippen LogP contribution in [-0.4, -0.2) is 35.1 Å². The minimum Gasteiger partial charge on any atom is -0.357 e. The highest BCUT2D eigenvalue weighted by Crippen LogP contribution is 2.22. The molecule has 27 heavy (non-hydrogen) atoms. The Morgan fingerprint density at radius 2 is 1.96 bits per heavy atom. The van der Waals surface area contributed by atoms with E-state index in [9.17, 15) is 0 Å². The Labute approximate surface area is 184 Å². The van der Waals surface area contributed by atoms with Gasteiger partial charge in [0.1, 0.15) is 0 Å². The van der Waals surface area contributed by atoms with Crippen LogP contribution in [0.15, 0.2) is 28.1 Å². The first-order valence-corrected chi connectivity index (χ1v) is 10.3. The number of rotatable bonds is 7. The fourth-order valence-corrected chi connectivity index (χ4v) is 3.67. The van der Waals surface area contributed by atoms with Gasteiger partial charge in [0, 0.05) is 30.7 Å². The first-order chi connectivity index (χ1) is 12.5. The summed E-state index contributed by atoms with van der Waals surface area (Å²) in [5.74, 6) is 0.860. The molecule has 0 aliphatic rings. The lowest BCUT2D eigenvalue weighted by Crippen LogP contribution is -2.38. The minimum absolute atomic E-state index is 0. The van der Waals surface area contributed by atoms with Gasteiger partial charge in [-0.05, 0) is 63.1 Å². The van der Waals surface area contributed by atoms with Crippen molar-refractivity contribution in [2.24, 2.45) is 12.0 Å². The Hall–Kier alpha value is -1.22. The van der Waals surface area contributed by atoms with Crippen LogP contribution in [0.4, 0.5) is 0 Å². The highest BCUT2D eigenvalue weighted by molar-refractivity contribution is 14.0. The zero-order chi connectivity index (χ0) is 19.1. The van der Waals surface area contributed by atoms with Crippen molar-refractivity contribution in [2.45, 2.75) is 45.6 Å². The molecule has 2 rings (SSSR count). The van der Waals surface area contributed by atoms with Crippen molar-refractivity contribution in [3.8, 4) is 0 Å². The second kappa shape index (κ2) is 11.6. The molecule has 0 radical (unpaired) electrons. The molecule has 0 saturated carbocycles. The van der Waals surface area contributed by atoms with E-state index >= 15 is 0 Å². The Morgan fingerprint density at radius 1 is 1.22 bits per heavy atom. The molecule has 2 aromatic rings. The summed E-state index contributed by atoms with van der Waals surface area (Å²) in [6.45, 7) is 10.8. The fourth-order valence-electron chi connectivity index (χ4n) is 2.97. The molecule has 0 atom stereocenters. The summed E-state index contributed by atoms with van der Waals surface area (Å²) >= 11 is 1.78. The van der Waals surface area contributed by atoms with E-state index in [0.717, 1.165) is 31.2 Å². The van der Waals surface area contributed by atoms with Crippen LogP contribution in [0.1, 0.15) is 35.0 Å². The monoisotopic (exact) mass is 501 g/mol. The second-order valence-electron chi connectivity index (χ2n) is 6.46. The quantitative estimate of drug-likeness (QED) is 0.261. The summed E-state index contributed by atoms with van der Waals surface area (Å²) in [4.78, 5) is 6.06. The number of hydrogen-bond donors (Lipinski definition) is 2. The lowest BCUT2D eigenvalue weighted by atomic mass is 10.1. The summed E-state index contributed by atoms with van der Waals surface area (Å²) in [6, 6.07) is 6.55. The van der Waals surface area contributed by atoms with E-state index in [4.69, 9.17) is 4.99 Å². The third-order valence-electron chi connectivity index (χ3n) is 4.52. The maximum atomic E-state index is 4.76. The zero-order valence-electron chi connectivity index (χ0n) is 17.2. The predicted octanol–water partition coefficient (Wildman–Crippen LogP) is 3.98. The molecule has 0 aliphatic heterocycles. The molecule has 1 aromatic carbocycles. The number of nitrogens with zero attached hydrogens (tertiary/aromatic N) is 3. The van der Waals surface area contributed by atoms with E-state index in [0.29, 0.717) is 6.54 Å². The number of halogens is 1. The molecule has 0 fully saturated rings. The number of guanidine groups is 1. The Morgan fingerprint density at radius 3 is 2.56 bits per heavy atom. The molecule has 0 bridgehead atoms. The average Bonchev–Trinajstić information content (AvgIpc) is 2.86. The van der Waals surface area contributed by atoms with E-state index in [2.05, 4.69) is 67.9 Å². The SMILES string of the molecule is CCNC(=NCc1ccc(C)cc1SC)NCCc1c(C)nn(C)c1C.I. The van der Waals surface area contributed by atoms with Crippen molar-refractivity contribution in [3.05, 3.63) is 46.3 Å². The molecule has 1 aromatic heterocycles. The van der Waals surface area contributed by atoms with Crippen molar-refractivity contribution in [3.63, 3.8) is 0 Å². The van der Waals surface area contributed by atoms with E-state index in [1.165, 1.54) is 27.3 Å². The molecule has 150 valence electrons. The fraction of sp³-hybridized carbons (Fsp3) is 0.500. The van der Waals surface area contributed by atoms with E-state index < -0.39 is 0 Å². The normalized spacial score (nSPS) is 11.3. The average molecular weight is 501 g/mol. The number of aryl methyl sites for hydroxylation is 3. The number of nitrogens with one attached hydrogen (secondary N) is 2. The van der Waals surface area contributed by atoms with Gasteiger partial charge in [-0.15, -0.1) is 35.7 Å². The largest absolute Gasteiger partial charge is 0.357 e. The first-order valence-electron chi connectivity index (χ1n) is 9.11. The number of aliphatic imine (C=N–C) groups is 1. The molecule has 7 heteroatoms. The Bertz CT molecular complexity index is 770. The number of benzene rings is 1. The Kier molecular flexibility index (Phi) is 10.2. The topological polar surface area (TPSA) is 54.2 Å². The Balaban J connectivity index is 0.00000364. The second-order valence-corrected chi connectivity index (χ2v) is 7.31. The van der Waals surface area contributed by atoms with Gasteiger partial charge in [-0.2, -0.15) is 5.10 Å². The molecule has 1 heterocycles. The van der Waals surface area contributed by atoms with Crippen LogP contribution in [0.5, 0.6) is 0 Å². The van der Waals surface area contributed by atoms with E-state index in [1.54, 1.807) is 11.8 Å². The maximum Gasteiger partial charge on any atom is 0.191 e. The van der Waals surface area contributed by atoms with Crippen LogP contribution in [0.25, 0.3) is 0 Å². The molecule has 0 unspecified atom stereocenters. The molecule has 0 saturated heterocycles. The third kappa shape index (κ3) is 6.71. The summed E-state index contributed by atoms with van der Waals surface area (Å²) in [7, 11) is 2.00. The van der Waals surface area contributed by atoms with Gasteiger partial charge in [0.05, 0.1) is 12.2 Å². The van der Waals surface area contributed by atoms with Crippen molar-refractivity contribution < 1.29 is 0 Å². The number of hydrogen-bond acceptors (Lipinski definition) is 3. The molecule has 0 spiro atoms. The predicted molar refractivity (Wildman–Crippen MR) is 128 cm³/mol. The van der Waals surface area contributed by atoms with E-state index in [-0.39, 0.29) is 24.0 Å². The zero-order valence-corrected chi connectivity index (χ0v) is 20.4. The van der Waals surface area contributed by atoms with Crippen molar-refractivity contribution in [2.75, 3.05) is 19.3 Å². The molecular weight excluding hydrogens is 469 g/mol. The minimum atomic E-state index is 0. The summed E-state index contributed by atoms with van der Waals surface area (Å²) in [5.41, 5.74) is 6.21. The van der Waals surface area contributed by atoms with Gasteiger partial charge in [0.25, 0.3) is 0 Å². The molecule has 5 nitrogen and oxygen atoms in total. The highest BCUT2D eigenvalue weighted by Gasteiger charge is 2.09. The summed E-state index contributed by atoms with van der Waals surface area (Å²) < 4.78 is 1.95. The van der Waals surface area contributed by atoms with Gasteiger partial charge in [0.15, 0.2) is 5.96 Å². The molecule has 0 amide bonds. The smallest absolute Gasteiger partial charge is 0.191 e. The van der Waals surface area contributed by atoms with Crippen molar-refractivity contribution in [1.29, 1.82) is 0 Å². The van der Waals surface area contributed by atoms with Gasteiger partial charge in [-0.1, -0.05) is 12.1 Å². The van der Waals surface area contributed by atoms with Crippen LogP contribution in [0, 0.1) is 20.8 Å². The van der Waals surface area contributed by atoms with Gasteiger partial charge in [0.2, 0.25) is 0 Å². The molecule has 2 N–H and O–H groups in total. The maximum absolute atomic E-state index is 4.76. The first kappa shape index (κ1) is 23.8. The van der Waals surface area contributed by atoms with Crippen LogP contribution < -0.4 is 10.6 Å². The lowest BCUT2D eigenvalue weighted by molar-refractivity contribution is 0.729. The van der Waals surface area contributed by atoms with Crippen LogP contribution >= 0.6 is 35.7 Å². The van der Waals surface area contributed by atoms with Gasteiger partial charge in [-0.25, -0.2) is 4.99 Å². The van der Waals surface area contributed by atoms with Crippen LogP contribution in [0.3, 0.4) is 0 Å². The molecular formula is C20H32IN5S. The van der Waals surface area contributed by atoms with E-state index in [1.807, 2.05) is 11.7 Å². The summed E-state index contributed by atoms with van der Waals surface area (Å²) in [5, 5.41) is 11.3. The third-order valence-corrected chi connectivity index (χ3v) is 5.34. The van der Waals surface area contributed by atoms with Crippen LogP contribution in [-0.2, 0) is 20.0 Å².